The fraction of sp³-hybridized carbons (Fsp3) is 0.176. The van der Waals surface area contributed by atoms with Gasteiger partial charge in [0.05, 0.1) is 25.3 Å². The Morgan fingerprint density at radius 1 is 0.696 bits per heavy atom. The van der Waals surface area contributed by atoms with Crippen molar-refractivity contribution in [2.24, 2.45) is 0 Å². The Morgan fingerprint density at radius 3 is 1.89 bits per heavy atom. The van der Waals surface area contributed by atoms with Crippen LogP contribution in [0.25, 0.3) is 0 Å². The SMILES string of the molecule is CCc1ccccc1NC(=O)c1ccccc1C(=O)O.COc1ccc(OC)c(C(=O)O)c1.O=C(O)CCc1ccc(O)c(O)c1. The number of hydrogen-bond donors (Lipinski definition) is 6. The van der Waals surface area contributed by atoms with Crippen molar-refractivity contribution < 1.29 is 54.2 Å². The lowest BCUT2D eigenvalue weighted by molar-refractivity contribution is -0.136. The van der Waals surface area contributed by atoms with Crippen molar-refractivity contribution in [3.8, 4) is 23.0 Å². The van der Waals surface area contributed by atoms with Crippen LogP contribution in [0.3, 0.4) is 0 Å². The normalized spacial score (nSPS) is 9.80. The summed E-state index contributed by atoms with van der Waals surface area (Å²) in [5.41, 5.74) is 2.67. The van der Waals surface area contributed by atoms with Crippen LogP contribution in [0.2, 0.25) is 0 Å². The Morgan fingerprint density at radius 2 is 1.33 bits per heavy atom. The van der Waals surface area contributed by atoms with Crippen LogP contribution < -0.4 is 14.8 Å². The largest absolute Gasteiger partial charge is 0.504 e. The molecule has 0 heterocycles. The minimum Gasteiger partial charge on any atom is -0.504 e. The number of hydrogen-bond acceptors (Lipinski definition) is 8. The van der Waals surface area contributed by atoms with Crippen LogP contribution in [0.5, 0.6) is 23.0 Å². The van der Waals surface area contributed by atoms with Gasteiger partial charge in [0.25, 0.3) is 5.91 Å². The van der Waals surface area contributed by atoms with E-state index in [2.05, 4.69) is 5.32 Å². The van der Waals surface area contributed by atoms with Crippen molar-refractivity contribution in [2.45, 2.75) is 26.2 Å². The first-order valence-electron chi connectivity index (χ1n) is 13.8. The average Bonchev–Trinajstić information content (AvgIpc) is 3.05. The number of aromatic hydroxyl groups is 2. The van der Waals surface area contributed by atoms with Gasteiger partial charge in [0.1, 0.15) is 17.1 Å². The maximum atomic E-state index is 12.2. The summed E-state index contributed by atoms with van der Waals surface area (Å²) in [6, 6.07) is 22.5. The number of ether oxygens (including phenoxy) is 2. The van der Waals surface area contributed by atoms with Crippen LogP contribution in [-0.2, 0) is 17.6 Å². The standard InChI is InChI=1S/C16H15NO3.2C9H10O4/c1-2-11-7-3-6-10-14(11)17-15(18)12-8-4-5-9-13(12)16(19)20;1-12-6-3-4-8(13-2)7(5-6)9(10)11;10-7-3-1-6(5-8(7)11)2-4-9(12)13/h3-10H,2H2,1H3,(H,17,18)(H,19,20);3-5H,1-2H3,(H,10,11);1,3,5,10-11H,2,4H2,(H,12,13). The highest BCUT2D eigenvalue weighted by molar-refractivity contribution is 6.10. The van der Waals surface area contributed by atoms with E-state index < -0.39 is 23.8 Å². The molecule has 0 aliphatic rings. The summed E-state index contributed by atoms with van der Waals surface area (Å²) in [4.78, 5) is 44.3. The number of carbonyl (C=O) groups excluding carboxylic acids is 1. The lowest BCUT2D eigenvalue weighted by Gasteiger charge is -2.11. The van der Waals surface area contributed by atoms with Crippen LogP contribution in [0, 0.1) is 0 Å². The summed E-state index contributed by atoms with van der Waals surface area (Å²) in [6.07, 6.45) is 1.16. The van der Waals surface area contributed by atoms with Crippen LogP contribution in [-0.4, -0.2) is 63.6 Å². The van der Waals surface area contributed by atoms with Gasteiger partial charge in [0.2, 0.25) is 0 Å². The first-order chi connectivity index (χ1) is 21.9. The molecule has 12 nitrogen and oxygen atoms in total. The number of benzene rings is 4. The molecule has 0 unspecified atom stereocenters. The van der Waals surface area contributed by atoms with Gasteiger partial charge in [0.15, 0.2) is 11.5 Å². The number of phenols is 2. The highest BCUT2D eigenvalue weighted by Crippen LogP contribution is 2.25. The Hall–Kier alpha value is -6.04. The summed E-state index contributed by atoms with van der Waals surface area (Å²) in [5, 5.41) is 47.1. The Labute approximate surface area is 265 Å². The molecule has 0 bridgehead atoms. The molecule has 0 saturated heterocycles. The second kappa shape index (κ2) is 17.9. The summed E-state index contributed by atoms with van der Waals surface area (Å²) in [5.74, 6) is -3.03. The zero-order chi connectivity index (χ0) is 34.2. The second-order valence-electron chi connectivity index (χ2n) is 9.40. The number of nitrogens with one attached hydrogen (secondary N) is 1. The van der Waals surface area contributed by atoms with Crippen LogP contribution >= 0.6 is 0 Å². The van der Waals surface area contributed by atoms with E-state index in [-0.39, 0.29) is 34.6 Å². The highest BCUT2D eigenvalue weighted by Gasteiger charge is 2.16. The van der Waals surface area contributed by atoms with Gasteiger partial charge in [-0.3, -0.25) is 9.59 Å². The fourth-order valence-electron chi connectivity index (χ4n) is 3.96. The van der Waals surface area contributed by atoms with E-state index in [0.29, 0.717) is 29.2 Å². The quantitative estimate of drug-likeness (QED) is 0.117. The third-order valence-corrected chi connectivity index (χ3v) is 6.35. The van der Waals surface area contributed by atoms with Crippen molar-refractivity contribution >= 4 is 29.5 Å². The first kappa shape index (κ1) is 36.2. The van der Waals surface area contributed by atoms with Crippen molar-refractivity contribution in [1.82, 2.24) is 0 Å². The van der Waals surface area contributed by atoms with Crippen molar-refractivity contribution in [1.29, 1.82) is 0 Å². The predicted octanol–water partition coefficient (Wildman–Crippen LogP) is 5.72. The maximum Gasteiger partial charge on any atom is 0.339 e. The molecule has 0 aliphatic carbocycles. The predicted molar refractivity (Wildman–Crippen MR) is 169 cm³/mol. The molecule has 0 radical (unpaired) electrons. The molecular formula is C34H35NO11. The molecule has 0 atom stereocenters. The molecule has 0 aromatic heterocycles. The lowest BCUT2D eigenvalue weighted by atomic mass is 10.1. The number of amides is 1. The van der Waals surface area contributed by atoms with Gasteiger partial charge >= 0.3 is 17.9 Å². The summed E-state index contributed by atoms with van der Waals surface area (Å²) in [7, 11) is 2.90. The number of anilines is 1. The molecule has 0 saturated carbocycles. The van der Waals surface area contributed by atoms with Crippen LogP contribution in [0.4, 0.5) is 5.69 Å². The maximum absolute atomic E-state index is 12.2. The molecule has 6 N–H and O–H groups in total. The number of aliphatic carboxylic acids is 1. The van der Waals surface area contributed by atoms with Gasteiger partial charge in [-0.2, -0.15) is 0 Å². The molecule has 4 aromatic rings. The van der Waals surface area contributed by atoms with Gasteiger partial charge in [-0.25, -0.2) is 9.59 Å². The van der Waals surface area contributed by atoms with Crippen molar-refractivity contribution in [3.63, 3.8) is 0 Å². The van der Waals surface area contributed by atoms with Crippen molar-refractivity contribution in [3.05, 3.63) is 113 Å². The zero-order valence-corrected chi connectivity index (χ0v) is 25.4. The summed E-state index contributed by atoms with van der Waals surface area (Å²) >= 11 is 0. The average molecular weight is 634 g/mol. The van der Waals surface area contributed by atoms with E-state index in [1.807, 2.05) is 25.1 Å². The van der Waals surface area contributed by atoms with E-state index in [1.54, 1.807) is 36.4 Å². The summed E-state index contributed by atoms with van der Waals surface area (Å²) in [6.45, 7) is 2.00. The van der Waals surface area contributed by atoms with Gasteiger partial charge < -0.3 is 40.3 Å². The van der Waals surface area contributed by atoms with Gasteiger partial charge in [-0.05, 0) is 72.5 Å². The third-order valence-electron chi connectivity index (χ3n) is 6.35. The minimum atomic E-state index is -1.11. The highest BCUT2D eigenvalue weighted by atomic mass is 16.5. The monoisotopic (exact) mass is 633 g/mol. The third kappa shape index (κ3) is 10.9. The van der Waals surface area contributed by atoms with E-state index in [9.17, 15) is 19.2 Å². The second-order valence-corrected chi connectivity index (χ2v) is 9.40. The number of phenolic OH excluding ortho intramolecular Hbond substituents is 2. The van der Waals surface area contributed by atoms with E-state index >= 15 is 0 Å². The van der Waals surface area contributed by atoms with E-state index in [1.165, 1.54) is 44.6 Å². The van der Waals surface area contributed by atoms with Crippen LogP contribution in [0.1, 0.15) is 55.5 Å². The molecule has 0 fully saturated rings. The summed E-state index contributed by atoms with van der Waals surface area (Å²) < 4.78 is 9.76. The molecule has 4 rings (SSSR count). The number of methoxy groups -OCH3 is 2. The minimum absolute atomic E-state index is 0.000945. The van der Waals surface area contributed by atoms with Gasteiger partial charge in [-0.15, -0.1) is 0 Å². The number of aryl methyl sites for hydroxylation is 2. The topological polar surface area (TPSA) is 200 Å². The molecule has 46 heavy (non-hydrogen) atoms. The number of carboxylic acid groups (broad SMARTS) is 3. The Bertz CT molecular complexity index is 1670. The van der Waals surface area contributed by atoms with Crippen LogP contribution in [0.15, 0.2) is 84.9 Å². The Kier molecular flexibility index (Phi) is 14.1. The fourth-order valence-corrected chi connectivity index (χ4v) is 3.96. The molecule has 242 valence electrons. The lowest BCUT2D eigenvalue weighted by Crippen LogP contribution is -2.17. The zero-order valence-electron chi connectivity index (χ0n) is 25.4. The van der Waals surface area contributed by atoms with Crippen molar-refractivity contribution in [2.75, 3.05) is 19.5 Å². The number of carboxylic acids is 3. The number of para-hydroxylation sites is 1. The molecule has 4 aromatic carbocycles. The Balaban J connectivity index is 0.000000250. The molecular weight excluding hydrogens is 598 g/mol. The molecule has 1 amide bonds. The molecule has 12 heteroatoms. The van der Waals surface area contributed by atoms with Gasteiger partial charge in [-0.1, -0.05) is 43.3 Å². The first-order valence-corrected chi connectivity index (χ1v) is 13.8. The number of carbonyl (C=O) groups is 4. The smallest absolute Gasteiger partial charge is 0.339 e. The number of aromatic carboxylic acids is 2. The van der Waals surface area contributed by atoms with Gasteiger partial charge in [0, 0.05) is 12.1 Å². The molecule has 0 aliphatic heterocycles. The molecule has 0 spiro atoms. The number of rotatable bonds is 10. The van der Waals surface area contributed by atoms with E-state index in [4.69, 9.17) is 35.0 Å². The van der Waals surface area contributed by atoms with E-state index in [0.717, 1.165) is 12.0 Å².